The summed E-state index contributed by atoms with van der Waals surface area (Å²) in [7, 11) is 1.64. The van der Waals surface area contributed by atoms with Crippen molar-refractivity contribution in [3.63, 3.8) is 0 Å². The van der Waals surface area contributed by atoms with Gasteiger partial charge in [0.25, 0.3) is 0 Å². The second-order valence-corrected chi connectivity index (χ2v) is 8.73. The first-order valence-electron chi connectivity index (χ1n) is 11.3. The third-order valence-electron chi connectivity index (χ3n) is 6.12. The van der Waals surface area contributed by atoms with Crippen LogP contribution in [-0.2, 0) is 19.4 Å². The molecule has 3 aromatic rings. The Morgan fingerprint density at radius 2 is 1.70 bits per heavy atom. The predicted octanol–water partition coefficient (Wildman–Crippen LogP) is 6.69. The van der Waals surface area contributed by atoms with Gasteiger partial charge < -0.3 is 19.3 Å². The van der Waals surface area contributed by atoms with Crippen molar-refractivity contribution in [2.45, 2.75) is 52.6 Å². The molecular weight excluding hydrogens is 416 g/mol. The Morgan fingerprint density at radius 1 is 1.00 bits per heavy atom. The fraction of sp³-hybridized carbons (Fsp3) is 0.321. The lowest BCUT2D eigenvalue weighted by Gasteiger charge is -2.22. The predicted molar refractivity (Wildman–Crippen MR) is 128 cm³/mol. The number of rotatable bonds is 8. The van der Waals surface area contributed by atoms with E-state index in [2.05, 4.69) is 13.8 Å². The summed E-state index contributed by atoms with van der Waals surface area (Å²) >= 11 is 0. The second kappa shape index (κ2) is 9.57. The molecule has 0 saturated carbocycles. The van der Waals surface area contributed by atoms with Crippen molar-refractivity contribution < 1.29 is 24.1 Å². The summed E-state index contributed by atoms with van der Waals surface area (Å²) in [6.07, 6.45) is 2.49. The molecule has 5 nitrogen and oxygen atoms in total. The number of carboxylic acids is 1. The minimum Gasteiger partial charge on any atom is -0.492 e. The lowest BCUT2D eigenvalue weighted by Crippen LogP contribution is -2.06. The maximum atomic E-state index is 11.7. The van der Waals surface area contributed by atoms with Gasteiger partial charge in [-0.1, -0.05) is 44.2 Å². The summed E-state index contributed by atoms with van der Waals surface area (Å²) in [5.74, 6) is 2.01. The molecule has 0 unspecified atom stereocenters. The molecule has 1 aliphatic rings. The summed E-state index contributed by atoms with van der Waals surface area (Å²) < 4.78 is 18.4. The van der Waals surface area contributed by atoms with Gasteiger partial charge in [-0.25, -0.2) is 4.79 Å². The Balaban J connectivity index is 1.71. The van der Waals surface area contributed by atoms with E-state index in [0.29, 0.717) is 23.7 Å². The van der Waals surface area contributed by atoms with Crippen LogP contribution in [0.15, 0.2) is 48.5 Å². The molecule has 4 rings (SSSR count). The molecule has 3 aromatic carbocycles. The first-order valence-corrected chi connectivity index (χ1v) is 11.3. The molecule has 0 radical (unpaired) electrons. The Bertz CT molecular complexity index is 1160. The van der Waals surface area contributed by atoms with Gasteiger partial charge in [-0.15, -0.1) is 0 Å². The number of aryl methyl sites for hydroxylation is 1. The molecule has 0 amide bonds. The number of carbonyl (C=O) groups is 1. The maximum absolute atomic E-state index is 11.7. The fourth-order valence-electron chi connectivity index (χ4n) is 4.60. The highest BCUT2D eigenvalue weighted by Crippen LogP contribution is 2.46. The number of fused-ring (bicyclic) bond motifs is 1. The second-order valence-electron chi connectivity index (χ2n) is 8.73. The number of carboxylic acid groups (broad SMARTS) is 1. The van der Waals surface area contributed by atoms with Crippen LogP contribution >= 0.6 is 0 Å². The van der Waals surface area contributed by atoms with E-state index in [9.17, 15) is 9.90 Å². The number of aromatic carboxylic acids is 1. The molecule has 0 bridgehead atoms. The van der Waals surface area contributed by atoms with Crippen LogP contribution in [0, 0.1) is 6.92 Å². The van der Waals surface area contributed by atoms with Crippen LogP contribution in [-0.4, -0.2) is 18.2 Å². The number of ether oxygens (including phenoxy) is 3. The van der Waals surface area contributed by atoms with Crippen LogP contribution in [0.5, 0.6) is 23.0 Å². The molecule has 0 heterocycles. The SMILES string of the molecule is COc1c(Oc2c(C)cc(C(=O)O)c3c2CCC3)ccc(OCc2ccccc2)c1C(C)C. The van der Waals surface area contributed by atoms with Crippen molar-refractivity contribution >= 4 is 5.97 Å². The summed E-state index contributed by atoms with van der Waals surface area (Å²) in [4.78, 5) is 11.7. The van der Waals surface area contributed by atoms with Gasteiger partial charge in [0, 0.05) is 5.56 Å². The molecule has 0 saturated heterocycles. The zero-order chi connectivity index (χ0) is 23.5. The van der Waals surface area contributed by atoms with Crippen LogP contribution < -0.4 is 14.2 Å². The van der Waals surface area contributed by atoms with E-state index in [0.717, 1.165) is 58.6 Å². The van der Waals surface area contributed by atoms with Gasteiger partial charge in [0.05, 0.1) is 12.7 Å². The van der Waals surface area contributed by atoms with Gasteiger partial charge in [0.15, 0.2) is 11.5 Å². The standard InChI is InChI=1S/C28H30O5/c1-17(2)25-23(32-16-19-9-6-5-7-10-19)13-14-24(27(25)31-4)33-26-18(3)15-22(28(29)30)20-11-8-12-21(20)26/h5-7,9-10,13-15,17H,8,11-12,16H2,1-4H3,(H,29,30). The topological polar surface area (TPSA) is 65.0 Å². The van der Waals surface area contributed by atoms with Crippen LogP contribution in [0.3, 0.4) is 0 Å². The molecule has 1 aliphatic carbocycles. The van der Waals surface area contributed by atoms with Crippen LogP contribution in [0.25, 0.3) is 0 Å². The quantitative estimate of drug-likeness (QED) is 0.418. The molecule has 0 atom stereocenters. The van der Waals surface area contributed by atoms with Crippen LogP contribution in [0.4, 0.5) is 0 Å². The summed E-state index contributed by atoms with van der Waals surface area (Å²) in [6, 6.07) is 15.6. The number of hydrogen-bond acceptors (Lipinski definition) is 4. The average molecular weight is 447 g/mol. The van der Waals surface area contributed by atoms with Gasteiger partial charge in [-0.2, -0.15) is 0 Å². The van der Waals surface area contributed by atoms with Gasteiger partial charge in [0.2, 0.25) is 0 Å². The van der Waals surface area contributed by atoms with E-state index in [1.165, 1.54) is 0 Å². The molecule has 0 fully saturated rings. The summed E-state index contributed by atoms with van der Waals surface area (Å²) in [5.41, 5.74) is 5.11. The third-order valence-corrected chi connectivity index (χ3v) is 6.12. The van der Waals surface area contributed by atoms with Gasteiger partial charge >= 0.3 is 5.97 Å². The minimum atomic E-state index is -0.887. The summed E-state index contributed by atoms with van der Waals surface area (Å²) in [5, 5.41) is 9.62. The minimum absolute atomic E-state index is 0.149. The Labute approximate surface area is 194 Å². The average Bonchev–Trinajstić information content (AvgIpc) is 3.29. The Kier molecular flexibility index (Phi) is 6.59. The molecule has 33 heavy (non-hydrogen) atoms. The lowest BCUT2D eigenvalue weighted by atomic mass is 9.98. The smallest absolute Gasteiger partial charge is 0.335 e. The molecule has 0 aromatic heterocycles. The van der Waals surface area contributed by atoms with E-state index in [1.807, 2.05) is 49.4 Å². The zero-order valence-corrected chi connectivity index (χ0v) is 19.6. The van der Waals surface area contributed by atoms with Crippen LogP contribution in [0.2, 0.25) is 0 Å². The molecule has 1 N–H and O–H groups in total. The van der Waals surface area contributed by atoms with E-state index < -0.39 is 5.97 Å². The van der Waals surface area contributed by atoms with Crippen molar-refractivity contribution in [2.24, 2.45) is 0 Å². The number of hydrogen-bond donors (Lipinski definition) is 1. The molecule has 172 valence electrons. The molecule has 0 aliphatic heterocycles. The van der Waals surface area contributed by atoms with Gasteiger partial charge in [-0.05, 0) is 72.6 Å². The zero-order valence-electron chi connectivity index (χ0n) is 19.6. The normalized spacial score (nSPS) is 12.5. The molecular formula is C28H30O5. The highest BCUT2D eigenvalue weighted by atomic mass is 16.5. The van der Waals surface area contributed by atoms with E-state index >= 15 is 0 Å². The third kappa shape index (κ3) is 4.54. The first kappa shape index (κ1) is 22.7. The molecule has 0 spiro atoms. The van der Waals surface area contributed by atoms with Crippen LogP contribution in [0.1, 0.15) is 64.4 Å². The highest BCUT2D eigenvalue weighted by molar-refractivity contribution is 5.91. The monoisotopic (exact) mass is 446 g/mol. The number of methoxy groups -OCH3 is 1. The highest BCUT2D eigenvalue weighted by Gasteiger charge is 2.27. The van der Waals surface area contributed by atoms with E-state index in [-0.39, 0.29) is 5.92 Å². The van der Waals surface area contributed by atoms with Crippen molar-refractivity contribution in [2.75, 3.05) is 7.11 Å². The van der Waals surface area contributed by atoms with E-state index in [4.69, 9.17) is 14.2 Å². The lowest BCUT2D eigenvalue weighted by molar-refractivity contribution is 0.0695. The van der Waals surface area contributed by atoms with Crippen molar-refractivity contribution in [3.05, 3.63) is 81.9 Å². The fourth-order valence-corrected chi connectivity index (χ4v) is 4.60. The number of benzene rings is 3. The van der Waals surface area contributed by atoms with Gasteiger partial charge in [0.1, 0.15) is 18.1 Å². The largest absolute Gasteiger partial charge is 0.492 e. The maximum Gasteiger partial charge on any atom is 0.335 e. The van der Waals surface area contributed by atoms with Crippen molar-refractivity contribution in [1.82, 2.24) is 0 Å². The van der Waals surface area contributed by atoms with Gasteiger partial charge in [-0.3, -0.25) is 0 Å². The van der Waals surface area contributed by atoms with E-state index in [1.54, 1.807) is 13.2 Å². The summed E-state index contributed by atoms with van der Waals surface area (Å²) in [6.45, 7) is 6.56. The Hall–Kier alpha value is -3.47. The van der Waals surface area contributed by atoms with Crippen molar-refractivity contribution in [3.8, 4) is 23.0 Å². The first-order chi connectivity index (χ1) is 15.9. The molecule has 5 heteroatoms. The van der Waals surface area contributed by atoms with Crippen molar-refractivity contribution in [1.29, 1.82) is 0 Å². The Morgan fingerprint density at radius 3 is 2.36 bits per heavy atom.